The summed E-state index contributed by atoms with van der Waals surface area (Å²) in [4.78, 5) is 0.743. The summed E-state index contributed by atoms with van der Waals surface area (Å²) in [7, 11) is 0. The van der Waals surface area contributed by atoms with Crippen LogP contribution < -0.4 is 0 Å². The zero-order chi connectivity index (χ0) is 11.5. The van der Waals surface area contributed by atoms with E-state index < -0.39 is 0 Å². The molecule has 0 radical (unpaired) electrons. The molecule has 1 aliphatic carbocycles. The molecule has 88 valence electrons. The molecule has 1 fully saturated rings. The van der Waals surface area contributed by atoms with Gasteiger partial charge < -0.3 is 0 Å². The summed E-state index contributed by atoms with van der Waals surface area (Å²) in [6.07, 6.45) is 5.13. The van der Waals surface area contributed by atoms with Gasteiger partial charge in [0.2, 0.25) is 0 Å². The molecule has 2 rings (SSSR count). The first kappa shape index (κ1) is 12.2. The second-order valence-corrected chi connectivity index (χ2v) is 6.26. The van der Waals surface area contributed by atoms with Crippen LogP contribution in [0.2, 0.25) is 0 Å². The smallest absolute Gasteiger partial charge is 0.0174 e. The molecule has 0 nitrogen and oxygen atoms in total. The van der Waals surface area contributed by atoms with Gasteiger partial charge in [-0.05, 0) is 48.6 Å². The summed E-state index contributed by atoms with van der Waals surface area (Å²) in [6.45, 7) is 4.60. The summed E-state index contributed by atoms with van der Waals surface area (Å²) in [5.41, 5.74) is 2.96. The lowest BCUT2D eigenvalue weighted by Crippen LogP contribution is -2.12. The molecule has 3 atom stereocenters. The number of benzene rings is 1. The molecule has 0 aromatic heterocycles. The zero-order valence-electron chi connectivity index (χ0n) is 10.2. The molecule has 1 aliphatic rings. The Morgan fingerprint density at radius 3 is 2.25 bits per heavy atom. The predicted octanol–water partition coefficient (Wildman–Crippen LogP) is 4.60. The summed E-state index contributed by atoms with van der Waals surface area (Å²) < 4.78 is 0. The van der Waals surface area contributed by atoms with Crippen molar-refractivity contribution in [2.24, 2.45) is 11.8 Å². The van der Waals surface area contributed by atoms with E-state index in [4.69, 9.17) is 0 Å². The number of aryl methyl sites for hydroxylation is 1. The number of hydrogen-bond acceptors (Lipinski definition) is 0. The van der Waals surface area contributed by atoms with E-state index in [1.54, 1.807) is 0 Å². The van der Waals surface area contributed by atoms with E-state index in [0.717, 1.165) is 23.1 Å². The van der Waals surface area contributed by atoms with Gasteiger partial charge in [0.05, 0.1) is 0 Å². The molecule has 0 bridgehead atoms. The van der Waals surface area contributed by atoms with Gasteiger partial charge in [-0.3, -0.25) is 0 Å². The first-order chi connectivity index (χ1) is 7.70. The summed E-state index contributed by atoms with van der Waals surface area (Å²) >= 11 is 3.78. The Morgan fingerprint density at radius 2 is 1.75 bits per heavy atom. The average molecular weight is 281 g/mol. The van der Waals surface area contributed by atoms with Crippen LogP contribution in [0.5, 0.6) is 0 Å². The van der Waals surface area contributed by atoms with Gasteiger partial charge in [0.1, 0.15) is 0 Å². The third-order valence-electron chi connectivity index (χ3n) is 4.06. The topological polar surface area (TPSA) is 0 Å². The van der Waals surface area contributed by atoms with E-state index in [1.165, 1.54) is 30.4 Å². The number of alkyl halides is 1. The van der Waals surface area contributed by atoms with Crippen LogP contribution in [0.25, 0.3) is 0 Å². The van der Waals surface area contributed by atoms with Crippen molar-refractivity contribution in [3.63, 3.8) is 0 Å². The van der Waals surface area contributed by atoms with Crippen molar-refractivity contribution in [2.75, 3.05) is 0 Å². The first-order valence-electron chi connectivity index (χ1n) is 6.42. The van der Waals surface area contributed by atoms with E-state index >= 15 is 0 Å². The summed E-state index contributed by atoms with van der Waals surface area (Å²) in [5.74, 6) is 1.70. The van der Waals surface area contributed by atoms with E-state index in [0.29, 0.717) is 0 Å². The molecule has 0 saturated heterocycles. The predicted molar refractivity (Wildman–Crippen MR) is 74.1 cm³/mol. The van der Waals surface area contributed by atoms with E-state index in [2.05, 4.69) is 54.0 Å². The Morgan fingerprint density at radius 1 is 1.12 bits per heavy atom. The van der Waals surface area contributed by atoms with Gasteiger partial charge in [-0.1, -0.05) is 54.0 Å². The maximum Gasteiger partial charge on any atom is 0.0174 e. The van der Waals surface area contributed by atoms with Crippen molar-refractivity contribution in [1.29, 1.82) is 0 Å². The fourth-order valence-electron chi connectivity index (χ4n) is 2.70. The summed E-state index contributed by atoms with van der Waals surface area (Å²) in [6, 6.07) is 9.18. The highest BCUT2D eigenvalue weighted by molar-refractivity contribution is 9.09. The van der Waals surface area contributed by atoms with Crippen LogP contribution in [0.4, 0.5) is 0 Å². The minimum absolute atomic E-state index is 0.743. The minimum Gasteiger partial charge on any atom is -0.0888 e. The number of rotatable bonds is 3. The molecule has 1 aromatic carbocycles. The van der Waals surface area contributed by atoms with Crippen LogP contribution >= 0.6 is 15.9 Å². The highest BCUT2D eigenvalue weighted by Gasteiger charge is 2.30. The maximum atomic E-state index is 3.78. The lowest BCUT2D eigenvalue weighted by Gasteiger charge is -2.17. The molecule has 0 amide bonds. The van der Waals surface area contributed by atoms with Crippen LogP contribution in [0, 0.1) is 11.8 Å². The van der Waals surface area contributed by atoms with Crippen molar-refractivity contribution in [3.05, 3.63) is 35.4 Å². The highest BCUT2D eigenvalue weighted by Crippen LogP contribution is 2.38. The lowest BCUT2D eigenvalue weighted by molar-refractivity contribution is 0.423. The Balaban J connectivity index is 1.98. The standard InChI is InChI=1S/C15H21Br/c1-3-12-4-6-13(7-5-12)10-14-8-9-15(16)11(14)2/h4-7,11,14-15H,3,8-10H2,1-2H3. The van der Waals surface area contributed by atoms with Gasteiger partial charge in [0.25, 0.3) is 0 Å². The van der Waals surface area contributed by atoms with E-state index in [-0.39, 0.29) is 0 Å². The SMILES string of the molecule is CCc1ccc(CC2CCC(Br)C2C)cc1. The van der Waals surface area contributed by atoms with Gasteiger partial charge in [-0.25, -0.2) is 0 Å². The number of hydrogen-bond donors (Lipinski definition) is 0. The molecule has 16 heavy (non-hydrogen) atoms. The Bertz CT molecular complexity index is 328. The van der Waals surface area contributed by atoms with Crippen LogP contribution in [-0.2, 0) is 12.8 Å². The summed E-state index contributed by atoms with van der Waals surface area (Å²) in [5, 5.41) is 0. The molecule has 3 unspecified atom stereocenters. The molecular formula is C15H21Br. The fraction of sp³-hybridized carbons (Fsp3) is 0.600. The maximum absolute atomic E-state index is 3.78. The normalized spacial score (nSPS) is 29.6. The van der Waals surface area contributed by atoms with Crippen LogP contribution in [0.3, 0.4) is 0 Å². The number of halogens is 1. The van der Waals surface area contributed by atoms with Crippen LogP contribution in [-0.4, -0.2) is 4.83 Å². The fourth-order valence-corrected chi connectivity index (χ4v) is 3.39. The lowest BCUT2D eigenvalue weighted by atomic mass is 9.90. The van der Waals surface area contributed by atoms with Crippen molar-refractivity contribution in [3.8, 4) is 0 Å². The third-order valence-corrected chi connectivity index (χ3v) is 5.35. The van der Waals surface area contributed by atoms with Crippen molar-refractivity contribution >= 4 is 15.9 Å². The largest absolute Gasteiger partial charge is 0.0888 e. The van der Waals surface area contributed by atoms with Crippen molar-refractivity contribution in [1.82, 2.24) is 0 Å². The molecule has 0 N–H and O–H groups in total. The van der Waals surface area contributed by atoms with Gasteiger partial charge in [-0.15, -0.1) is 0 Å². The zero-order valence-corrected chi connectivity index (χ0v) is 11.8. The molecule has 0 aliphatic heterocycles. The van der Waals surface area contributed by atoms with E-state index in [1.807, 2.05) is 0 Å². The van der Waals surface area contributed by atoms with Gasteiger partial charge in [-0.2, -0.15) is 0 Å². The van der Waals surface area contributed by atoms with Crippen LogP contribution in [0.15, 0.2) is 24.3 Å². The van der Waals surface area contributed by atoms with Crippen molar-refractivity contribution in [2.45, 2.75) is 44.4 Å². The molecule has 0 heterocycles. The second-order valence-electron chi connectivity index (χ2n) is 5.09. The average Bonchev–Trinajstić information content (AvgIpc) is 2.62. The Hall–Kier alpha value is -0.300. The van der Waals surface area contributed by atoms with Gasteiger partial charge >= 0.3 is 0 Å². The molecule has 1 heteroatoms. The molecule has 0 spiro atoms. The Kier molecular flexibility index (Phi) is 4.07. The van der Waals surface area contributed by atoms with Crippen LogP contribution in [0.1, 0.15) is 37.8 Å². The van der Waals surface area contributed by atoms with Crippen molar-refractivity contribution < 1.29 is 0 Å². The monoisotopic (exact) mass is 280 g/mol. The van der Waals surface area contributed by atoms with E-state index in [9.17, 15) is 0 Å². The molecular weight excluding hydrogens is 260 g/mol. The quantitative estimate of drug-likeness (QED) is 0.710. The minimum atomic E-state index is 0.743. The second kappa shape index (κ2) is 5.35. The third kappa shape index (κ3) is 2.68. The molecule has 1 aromatic rings. The first-order valence-corrected chi connectivity index (χ1v) is 7.34. The van der Waals surface area contributed by atoms with Gasteiger partial charge in [0, 0.05) is 4.83 Å². The Labute approximate surface area is 108 Å². The molecule has 1 saturated carbocycles. The highest BCUT2D eigenvalue weighted by atomic mass is 79.9. The van der Waals surface area contributed by atoms with Gasteiger partial charge in [0.15, 0.2) is 0 Å².